The van der Waals surface area contributed by atoms with Crippen molar-refractivity contribution < 1.29 is 15.0 Å². The normalized spacial score (nSPS) is 22.5. The molecule has 0 aromatic rings. The first-order chi connectivity index (χ1) is 7.15. The van der Waals surface area contributed by atoms with Crippen LogP contribution in [0.3, 0.4) is 0 Å². The standard InChI is InChI=1S/C10H20N2O3/c1-3-10(6-13,7-14)12-5-4-8(11-2)9(12)15/h8,11,13-14H,3-7H2,1-2H3. The summed E-state index contributed by atoms with van der Waals surface area (Å²) in [6.45, 7) is 2.08. The molecule has 1 fully saturated rings. The van der Waals surface area contributed by atoms with Crippen molar-refractivity contribution in [2.24, 2.45) is 0 Å². The van der Waals surface area contributed by atoms with Gasteiger partial charge in [0, 0.05) is 6.54 Å². The fourth-order valence-electron chi connectivity index (χ4n) is 2.05. The number of amides is 1. The zero-order valence-corrected chi connectivity index (χ0v) is 9.36. The van der Waals surface area contributed by atoms with E-state index in [0.717, 1.165) is 6.42 Å². The molecule has 1 atom stereocenters. The highest BCUT2D eigenvalue weighted by Gasteiger charge is 2.43. The zero-order valence-electron chi connectivity index (χ0n) is 9.36. The Balaban J connectivity index is 2.83. The number of aliphatic hydroxyl groups is 2. The third-order valence-corrected chi connectivity index (χ3v) is 3.37. The molecule has 0 aromatic carbocycles. The van der Waals surface area contributed by atoms with Gasteiger partial charge in [-0.1, -0.05) is 6.92 Å². The van der Waals surface area contributed by atoms with Crippen LogP contribution in [0.5, 0.6) is 0 Å². The third-order valence-electron chi connectivity index (χ3n) is 3.37. The van der Waals surface area contributed by atoms with Gasteiger partial charge in [0.05, 0.1) is 24.8 Å². The maximum Gasteiger partial charge on any atom is 0.240 e. The number of nitrogens with one attached hydrogen (secondary N) is 1. The minimum atomic E-state index is -0.789. The Hall–Kier alpha value is -0.650. The summed E-state index contributed by atoms with van der Waals surface area (Å²) >= 11 is 0. The number of likely N-dealkylation sites (tertiary alicyclic amines) is 1. The van der Waals surface area contributed by atoms with E-state index in [1.165, 1.54) is 0 Å². The van der Waals surface area contributed by atoms with Gasteiger partial charge in [-0.05, 0) is 19.9 Å². The molecule has 0 bridgehead atoms. The van der Waals surface area contributed by atoms with E-state index in [1.807, 2.05) is 6.92 Å². The van der Waals surface area contributed by atoms with Gasteiger partial charge in [-0.2, -0.15) is 0 Å². The van der Waals surface area contributed by atoms with Crippen LogP contribution in [-0.4, -0.2) is 59.4 Å². The van der Waals surface area contributed by atoms with Crippen molar-refractivity contribution in [2.75, 3.05) is 26.8 Å². The minimum Gasteiger partial charge on any atom is -0.394 e. The third kappa shape index (κ3) is 2.00. The van der Waals surface area contributed by atoms with Gasteiger partial charge >= 0.3 is 0 Å². The molecule has 5 nitrogen and oxygen atoms in total. The average molecular weight is 216 g/mol. The maximum atomic E-state index is 11.9. The summed E-state index contributed by atoms with van der Waals surface area (Å²) in [7, 11) is 1.75. The van der Waals surface area contributed by atoms with E-state index in [4.69, 9.17) is 0 Å². The molecule has 3 N–H and O–H groups in total. The molecule has 15 heavy (non-hydrogen) atoms. The van der Waals surface area contributed by atoms with Crippen LogP contribution >= 0.6 is 0 Å². The van der Waals surface area contributed by atoms with Crippen LogP contribution in [0.4, 0.5) is 0 Å². The molecule has 1 heterocycles. The van der Waals surface area contributed by atoms with Crippen LogP contribution < -0.4 is 5.32 Å². The predicted octanol–water partition coefficient (Wildman–Crippen LogP) is -1.06. The summed E-state index contributed by atoms with van der Waals surface area (Å²) in [6, 6.07) is -0.172. The SMILES string of the molecule is CCC(CO)(CO)N1CCC(NC)C1=O. The van der Waals surface area contributed by atoms with Gasteiger partial charge in [0.15, 0.2) is 0 Å². The van der Waals surface area contributed by atoms with Crippen molar-refractivity contribution in [1.29, 1.82) is 0 Å². The molecule has 0 aliphatic carbocycles. The molecule has 5 heteroatoms. The van der Waals surface area contributed by atoms with Gasteiger partial charge in [0.2, 0.25) is 5.91 Å². The Morgan fingerprint density at radius 2 is 2.13 bits per heavy atom. The van der Waals surface area contributed by atoms with Crippen molar-refractivity contribution in [3.8, 4) is 0 Å². The van der Waals surface area contributed by atoms with E-state index in [0.29, 0.717) is 13.0 Å². The number of hydrogen-bond acceptors (Lipinski definition) is 4. The second-order valence-corrected chi connectivity index (χ2v) is 4.01. The molecule has 0 radical (unpaired) electrons. The van der Waals surface area contributed by atoms with Crippen LogP contribution in [0.15, 0.2) is 0 Å². The Kier molecular flexibility index (Phi) is 4.07. The summed E-state index contributed by atoms with van der Waals surface area (Å²) in [5.74, 6) is -0.0255. The number of carbonyl (C=O) groups excluding carboxylic acids is 1. The number of likely N-dealkylation sites (N-methyl/N-ethyl adjacent to an activating group) is 1. The lowest BCUT2D eigenvalue weighted by Gasteiger charge is -2.38. The van der Waals surface area contributed by atoms with Gasteiger partial charge in [0.1, 0.15) is 0 Å². The van der Waals surface area contributed by atoms with Gasteiger partial charge in [-0.15, -0.1) is 0 Å². The van der Waals surface area contributed by atoms with Crippen LogP contribution in [0.25, 0.3) is 0 Å². The van der Waals surface area contributed by atoms with E-state index in [-0.39, 0.29) is 25.2 Å². The topological polar surface area (TPSA) is 72.8 Å². The van der Waals surface area contributed by atoms with Crippen molar-refractivity contribution in [1.82, 2.24) is 10.2 Å². The largest absolute Gasteiger partial charge is 0.394 e. The number of aliphatic hydroxyl groups excluding tert-OH is 2. The monoisotopic (exact) mass is 216 g/mol. The molecule has 1 unspecified atom stereocenters. The van der Waals surface area contributed by atoms with Crippen molar-refractivity contribution in [2.45, 2.75) is 31.3 Å². The Morgan fingerprint density at radius 1 is 1.53 bits per heavy atom. The number of hydrogen-bond donors (Lipinski definition) is 3. The van der Waals surface area contributed by atoms with E-state index in [9.17, 15) is 15.0 Å². The van der Waals surface area contributed by atoms with Crippen molar-refractivity contribution >= 4 is 5.91 Å². The van der Waals surface area contributed by atoms with E-state index in [2.05, 4.69) is 5.32 Å². The highest BCUT2D eigenvalue weighted by Crippen LogP contribution is 2.25. The average Bonchev–Trinajstić information content (AvgIpc) is 2.64. The lowest BCUT2D eigenvalue weighted by atomic mass is 9.96. The lowest BCUT2D eigenvalue weighted by molar-refractivity contribution is -0.139. The molecule has 1 aliphatic rings. The number of carbonyl (C=O) groups is 1. The highest BCUT2D eigenvalue weighted by molar-refractivity contribution is 5.84. The van der Waals surface area contributed by atoms with Crippen molar-refractivity contribution in [3.63, 3.8) is 0 Å². The number of nitrogens with zero attached hydrogens (tertiary/aromatic N) is 1. The smallest absolute Gasteiger partial charge is 0.240 e. The van der Waals surface area contributed by atoms with Crippen molar-refractivity contribution in [3.05, 3.63) is 0 Å². The second kappa shape index (κ2) is 4.92. The summed E-state index contributed by atoms with van der Waals surface area (Å²) in [4.78, 5) is 13.5. The highest BCUT2D eigenvalue weighted by atomic mass is 16.3. The molecule has 1 aliphatic heterocycles. The molecular weight excluding hydrogens is 196 g/mol. The fourth-order valence-corrected chi connectivity index (χ4v) is 2.05. The summed E-state index contributed by atoms with van der Waals surface area (Å²) in [6.07, 6.45) is 1.29. The minimum absolute atomic E-state index is 0.0255. The first-order valence-corrected chi connectivity index (χ1v) is 5.35. The van der Waals surface area contributed by atoms with Gasteiger partial charge in [-0.3, -0.25) is 4.79 Å². The summed E-state index contributed by atoms with van der Waals surface area (Å²) in [5, 5.41) is 21.6. The fraction of sp³-hybridized carbons (Fsp3) is 0.900. The molecule has 1 saturated heterocycles. The molecular formula is C10H20N2O3. The lowest BCUT2D eigenvalue weighted by Crippen LogP contribution is -2.56. The Morgan fingerprint density at radius 3 is 2.47 bits per heavy atom. The maximum absolute atomic E-state index is 11.9. The Labute approximate surface area is 90.1 Å². The molecule has 1 amide bonds. The molecule has 1 rings (SSSR count). The zero-order chi connectivity index (χ0) is 11.5. The quantitative estimate of drug-likeness (QED) is 0.548. The van der Waals surface area contributed by atoms with Gasteiger partial charge in [-0.25, -0.2) is 0 Å². The first-order valence-electron chi connectivity index (χ1n) is 5.35. The number of rotatable bonds is 5. The molecule has 0 spiro atoms. The van der Waals surface area contributed by atoms with E-state index >= 15 is 0 Å². The van der Waals surface area contributed by atoms with Crippen LogP contribution in [0, 0.1) is 0 Å². The summed E-state index contributed by atoms with van der Waals surface area (Å²) in [5.41, 5.74) is -0.789. The van der Waals surface area contributed by atoms with Crippen LogP contribution in [0.1, 0.15) is 19.8 Å². The molecule has 88 valence electrons. The van der Waals surface area contributed by atoms with Crippen LogP contribution in [-0.2, 0) is 4.79 Å². The molecule has 0 aromatic heterocycles. The molecule has 0 saturated carbocycles. The Bertz CT molecular complexity index is 220. The second-order valence-electron chi connectivity index (χ2n) is 4.01. The first kappa shape index (κ1) is 12.4. The van der Waals surface area contributed by atoms with E-state index < -0.39 is 5.54 Å². The van der Waals surface area contributed by atoms with Gasteiger partial charge < -0.3 is 20.4 Å². The van der Waals surface area contributed by atoms with Crippen LogP contribution in [0.2, 0.25) is 0 Å². The predicted molar refractivity (Wildman–Crippen MR) is 56.4 cm³/mol. The van der Waals surface area contributed by atoms with E-state index in [1.54, 1.807) is 11.9 Å². The summed E-state index contributed by atoms with van der Waals surface area (Å²) < 4.78 is 0. The van der Waals surface area contributed by atoms with Gasteiger partial charge in [0.25, 0.3) is 0 Å².